The Hall–Kier alpha value is -0.650. The molecule has 19 heavy (non-hydrogen) atoms. The van der Waals surface area contributed by atoms with Gasteiger partial charge < -0.3 is 19.9 Å². The predicted molar refractivity (Wildman–Crippen MR) is 77.3 cm³/mol. The topological polar surface area (TPSA) is 44.8 Å². The first-order valence-corrected chi connectivity index (χ1v) is 7.51. The molecule has 1 aliphatic rings. The standard InChI is InChI=1S/C14H29N3O2/c1-4-16(5-2)8-6-7-15-13(3)14(18)17-9-11-19-12-10-17/h13,15H,4-12H2,1-3H3. The minimum Gasteiger partial charge on any atom is -0.378 e. The van der Waals surface area contributed by atoms with Gasteiger partial charge >= 0.3 is 0 Å². The zero-order valence-corrected chi connectivity index (χ0v) is 12.7. The van der Waals surface area contributed by atoms with Crippen molar-refractivity contribution < 1.29 is 9.53 Å². The molecule has 0 aromatic heterocycles. The van der Waals surface area contributed by atoms with Crippen LogP contribution in [0.1, 0.15) is 27.2 Å². The number of carbonyl (C=O) groups excluding carboxylic acids is 1. The van der Waals surface area contributed by atoms with Crippen molar-refractivity contribution in [1.82, 2.24) is 15.1 Å². The van der Waals surface area contributed by atoms with E-state index in [0.29, 0.717) is 13.2 Å². The van der Waals surface area contributed by atoms with E-state index in [0.717, 1.165) is 45.7 Å². The van der Waals surface area contributed by atoms with Gasteiger partial charge in [-0.2, -0.15) is 0 Å². The van der Waals surface area contributed by atoms with E-state index in [2.05, 4.69) is 24.1 Å². The van der Waals surface area contributed by atoms with Gasteiger partial charge in [-0.15, -0.1) is 0 Å². The van der Waals surface area contributed by atoms with Crippen LogP contribution in [0.15, 0.2) is 0 Å². The van der Waals surface area contributed by atoms with E-state index in [4.69, 9.17) is 4.74 Å². The quantitative estimate of drug-likeness (QED) is 0.655. The molecule has 1 N–H and O–H groups in total. The SMILES string of the molecule is CCN(CC)CCCNC(C)C(=O)N1CCOCC1. The summed E-state index contributed by atoms with van der Waals surface area (Å²) in [6.45, 7) is 13.3. The second-order valence-corrected chi connectivity index (χ2v) is 4.99. The number of nitrogens with zero attached hydrogens (tertiary/aromatic N) is 2. The van der Waals surface area contributed by atoms with Gasteiger partial charge in [0.25, 0.3) is 0 Å². The van der Waals surface area contributed by atoms with E-state index in [-0.39, 0.29) is 11.9 Å². The first-order chi connectivity index (χ1) is 9.19. The molecule has 1 heterocycles. The third kappa shape index (κ3) is 5.89. The highest BCUT2D eigenvalue weighted by Gasteiger charge is 2.21. The van der Waals surface area contributed by atoms with Crippen molar-refractivity contribution in [2.75, 3.05) is 52.5 Å². The van der Waals surface area contributed by atoms with Crippen molar-refractivity contribution in [3.8, 4) is 0 Å². The van der Waals surface area contributed by atoms with Crippen molar-refractivity contribution in [2.45, 2.75) is 33.2 Å². The number of rotatable bonds is 8. The molecule has 0 bridgehead atoms. The molecule has 1 saturated heterocycles. The Bertz CT molecular complexity index is 251. The molecule has 1 amide bonds. The molecule has 1 unspecified atom stereocenters. The summed E-state index contributed by atoms with van der Waals surface area (Å²) in [5.41, 5.74) is 0. The molecule has 0 aromatic rings. The van der Waals surface area contributed by atoms with Crippen molar-refractivity contribution in [2.24, 2.45) is 0 Å². The lowest BCUT2D eigenvalue weighted by molar-refractivity contribution is -0.137. The summed E-state index contributed by atoms with van der Waals surface area (Å²) < 4.78 is 5.26. The summed E-state index contributed by atoms with van der Waals surface area (Å²) in [6.07, 6.45) is 1.09. The van der Waals surface area contributed by atoms with Gasteiger partial charge in [0.05, 0.1) is 19.3 Å². The molecule has 1 atom stereocenters. The van der Waals surface area contributed by atoms with Crippen LogP contribution in [0, 0.1) is 0 Å². The number of ether oxygens (including phenoxy) is 1. The van der Waals surface area contributed by atoms with Crippen molar-refractivity contribution in [1.29, 1.82) is 0 Å². The molecule has 0 aliphatic carbocycles. The molecule has 1 rings (SSSR count). The summed E-state index contributed by atoms with van der Waals surface area (Å²) in [5.74, 6) is 0.200. The molecule has 0 aromatic carbocycles. The number of carbonyl (C=O) groups is 1. The molecule has 1 aliphatic heterocycles. The minimum atomic E-state index is -0.0881. The van der Waals surface area contributed by atoms with Gasteiger partial charge in [-0.3, -0.25) is 4.79 Å². The van der Waals surface area contributed by atoms with Gasteiger partial charge in [-0.1, -0.05) is 13.8 Å². The Balaban J connectivity index is 2.15. The average Bonchev–Trinajstić information content (AvgIpc) is 2.47. The number of hydrogen-bond donors (Lipinski definition) is 1. The summed E-state index contributed by atoms with van der Waals surface area (Å²) >= 11 is 0. The van der Waals surface area contributed by atoms with E-state index in [1.54, 1.807) is 0 Å². The third-order valence-electron chi connectivity index (χ3n) is 3.69. The Morgan fingerprint density at radius 3 is 2.53 bits per heavy atom. The molecular formula is C14H29N3O2. The zero-order chi connectivity index (χ0) is 14.1. The summed E-state index contributed by atoms with van der Waals surface area (Å²) in [6, 6.07) is -0.0881. The molecule has 0 saturated carbocycles. The summed E-state index contributed by atoms with van der Waals surface area (Å²) in [4.78, 5) is 16.4. The van der Waals surface area contributed by atoms with Gasteiger partial charge in [-0.25, -0.2) is 0 Å². The Kier molecular flexibility index (Phi) is 8.02. The van der Waals surface area contributed by atoms with Crippen molar-refractivity contribution in [3.05, 3.63) is 0 Å². The number of hydrogen-bond acceptors (Lipinski definition) is 4. The fourth-order valence-electron chi connectivity index (χ4n) is 2.31. The molecule has 0 radical (unpaired) electrons. The number of morpholine rings is 1. The van der Waals surface area contributed by atoms with E-state index < -0.39 is 0 Å². The van der Waals surface area contributed by atoms with Crippen LogP contribution in [0.3, 0.4) is 0 Å². The van der Waals surface area contributed by atoms with Crippen LogP contribution in [-0.2, 0) is 9.53 Å². The van der Waals surface area contributed by atoms with Crippen LogP contribution < -0.4 is 5.32 Å². The highest BCUT2D eigenvalue weighted by atomic mass is 16.5. The lowest BCUT2D eigenvalue weighted by atomic mass is 10.2. The van der Waals surface area contributed by atoms with Crippen LogP contribution in [0.4, 0.5) is 0 Å². The van der Waals surface area contributed by atoms with Gasteiger partial charge in [0.15, 0.2) is 0 Å². The van der Waals surface area contributed by atoms with E-state index in [9.17, 15) is 4.79 Å². The van der Waals surface area contributed by atoms with Gasteiger partial charge in [0.1, 0.15) is 0 Å². The second-order valence-electron chi connectivity index (χ2n) is 4.99. The van der Waals surface area contributed by atoms with E-state index in [1.165, 1.54) is 0 Å². The first kappa shape index (κ1) is 16.4. The normalized spacial score (nSPS) is 17.8. The fraction of sp³-hybridized carbons (Fsp3) is 0.929. The van der Waals surface area contributed by atoms with Crippen LogP contribution in [0.2, 0.25) is 0 Å². The monoisotopic (exact) mass is 271 g/mol. The van der Waals surface area contributed by atoms with Crippen molar-refractivity contribution >= 4 is 5.91 Å². The Labute approximate surface area is 117 Å². The summed E-state index contributed by atoms with van der Waals surface area (Å²) in [7, 11) is 0. The van der Waals surface area contributed by atoms with E-state index in [1.807, 2.05) is 11.8 Å². The Morgan fingerprint density at radius 2 is 1.95 bits per heavy atom. The third-order valence-corrected chi connectivity index (χ3v) is 3.69. The summed E-state index contributed by atoms with van der Waals surface area (Å²) in [5, 5.41) is 3.32. The van der Waals surface area contributed by atoms with E-state index >= 15 is 0 Å². The van der Waals surface area contributed by atoms with Crippen molar-refractivity contribution in [3.63, 3.8) is 0 Å². The predicted octanol–water partition coefficient (Wildman–Crippen LogP) is 0.555. The number of amides is 1. The molecule has 1 fully saturated rings. The van der Waals surface area contributed by atoms with Gasteiger partial charge in [-0.05, 0) is 39.5 Å². The van der Waals surface area contributed by atoms with Gasteiger partial charge in [0, 0.05) is 13.1 Å². The van der Waals surface area contributed by atoms with Crippen LogP contribution in [0.25, 0.3) is 0 Å². The largest absolute Gasteiger partial charge is 0.378 e. The maximum Gasteiger partial charge on any atom is 0.239 e. The van der Waals surface area contributed by atoms with Gasteiger partial charge in [0.2, 0.25) is 5.91 Å². The molecular weight excluding hydrogens is 242 g/mol. The van der Waals surface area contributed by atoms with Crippen LogP contribution in [-0.4, -0.2) is 74.2 Å². The first-order valence-electron chi connectivity index (χ1n) is 7.51. The zero-order valence-electron chi connectivity index (χ0n) is 12.7. The molecule has 0 spiro atoms. The highest BCUT2D eigenvalue weighted by Crippen LogP contribution is 2.00. The maximum absolute atomic E-state index is 12.1. The molecule has 5 heteroatoms. The lowest BCUT2D eigenvalue weighted by Gasteiger charge is -2.29. The van der Waals surface area contributed by atoms with Crippen LogP contribution >= 0.6 is 0 Å². The second kappa shape index (κ2) is 9.28. The number of nitrogens with one attached hydrogen (secondary N) is 1. The molecule has 112 valence electrons. The molecule has 5 nitrogen and oxygen atoms in total. The lowest BCUT2D eigenvalue weighted by Crippen LogP contribution is -2.49. The highest BCUT2D eigenvalue weighted by molar-refractivity contribution is 5.81. The minimum absolute atomic E-state index is 0.0881. The maximum atomic E-state index is 12.1. The Morgan fingerprint density at radius 1 is 1.32 bits per heavy atom. The smallest absolute Gasteiger partial charge is 0.239 e. The van der Waals surface area contributed by atoms with Crippen LogP contribution in [0.5, 0.6) is 0 Å². The fourth-order valence-corrected chi connectivity index (χ4v) is 2.31. The average molecular weight is 271 g/mol.